The SMILES string of the molecule is Cc1cc(S(=O)(=O)N(C)CCOCC2CC2)ccc1C#N. The van der Waals surface area contributed by atoms with Gasteiger partial charge >= 0.3 is 0 Å². The minimum absolute atomic E-state index is 0.212. The fourth-order valence-electron chi connectivity index (χ4n) is 1.95. The summed E-state index contributed by atoms with van der Waals surface area (Å²) in [6.07, 6.45) is 2.44. The summed E-state index contributed by atoms with van der Waals surface area (Å²) in [4.78, 5) is 0.212. The van der Waals surface area contributed by atoms with Crippen molar-refractivity contribution >= 4 is 10.0 Å². The average molecular weight is 308 g/mol. The first-order valence-electron chi connectivity index (χ1n) is 7.00. The lowest BCUT2D eigenvalue weighted by Crippen LogP contribution is -2.30. The Morgan fingerprint density at radius 2 is 2.14 bits per heavy atom. The normalized spacial score (nSPS) is 15.1. The molecule has 6 heteroatoms. The highest BCUT2D eigenvalue weighted by atomic mass is 32.2. The average Bonchev–Trinajstić information content (AvgIpc) is 3.27. The van der Waals surface area contributed by atoms with E-state index in [0.717, 1.165) is 6.61 Å². The minimum atomic E-state index is -3.53. The Balaban J connectivity index is 1.98. The fraction of sp³-hybridized carbons (Fsp3) is 0.533. The van der Waals surface area contributed by atoms with Crippen molar-refractivity contribution in [1.29, 1.82) is 5.26 Å². The van der Waals surface area contributed by atoms with Gasteiger partial charge in [-0.15, -0.1) is 0 Å². The Morgan fingerprint density at radius 1 is 1.43 bits per heavy atom. The quantitative estimate of drug-likeness (QED) is 0.722. The molecule has 0 unspecified atom stereocenters. The standard InChI is InChI=1S/C15H20N2O3S/c1-12-9-15(6-5-14(12)10-16)21(18,19)17(2)7-8-20-11-13-3-4-13/h5-6,9,13H,3-4,7-8,11H2,1-2H3. The van der Waals surface area contributed by atoms with E-state index in [1.165, 1.54) is 29.3 Å². The predicted octanol–water partition coefficient (Wildman–Crippen LogP) is 1.91. The van der Waals surface area contributed by atoms with E-state index in [2.05, 4.69) is 0 Å². The molecule has 21 heavy (non-hydrogen) atoms. The minimum Gasteiger partial charge on any atom is -0.380 e. The molecule has 2 rings (SSSR count). The van der Waals surface area contributed by atoms with Crippen LogP contribution in [0.4, 0.5) is 0 Å². The number of nitriles is 1. The number of sulfonamides is 1. The summed E-state index contributed by atoms with van der Waals surface area (Å²) in [7, 11) is -1.98. The smallest absolute Gasteiger partial charge is 0.242 e. The molecule has 1 aliphatic rings. The Labute approximate surface area is 126 Å². The predicted molar refractivity (Wildman–Crippen MR) is 79.3 cm³/mol. The first-order chi connectivity index (χ1) is 9.95. The lowest BCUT2D eigenvalue weighted by molar-refractivity contribution is 0.117. The Bertz CT molecular complexity index is 645. The highest BCUT2D eigenvalue weighted by Gasteiger charge is 2.23. The molecule has 0 aromatic heterocycles. The van der Waals surface area contributed by atoms with E-state index in [1.807, 2.05) is 6.07 Å². The van der Waals surface area contributed by atoms with Gasteiger partial charge < -0.3 is 4.74 Å². The van der Waals surface area contributed by atoms with Crippen molar-refractivity contribution in [2.45, 2.75) is 24.7 Å². The second-order valence-corrected chi connectivity index (χ2v) is 7.48. The molecule has 1 aromatic carbocycles. The number of likely N-dealkylation sites (N-methyl/N-ethyl adjacent to an activating group) is 1. The van der Waals surface area contributed by atoms with E-state index in [4.69, 9.17) is 10.00 Å². The van der Waals surface area contributed by atoms with Crippen molar-refractivity contribution in [3.05, 3.63) is 29.3 Å². The largest absolute Gasteiger partial charge is 0.380 e. The second-order valence-electron chi connectivity index (χ2n) is 5.43. The van der Waals surface area contributed by atoms with Crippen molar-refractivity contribution in [3.8, 4) is 6.07 Å². The van der Waals surface area contributed by atoms with Crippen molar-refractivity contribution in [2.24, 2.45) is 5.92 Å². The first kappa shape index (κ1) is 16.0. The van der Waals surface area contributed by atoms with Crippen LogP contribution in [-0.2, 0) is 14.8 Å². The van der Waals surface area contributed by atoms with Gasteiger partial charge in [-0.2, -0.15) is 9.57 Å². The molecule has 0 atom stereocenters. The monoisotopic (exact) mass is 308 g/mol. The van der Waals surface area contributed by atoms with Gasteiger partial charge in [0.05, 0.1) is 23.1 Å². The van der Waals surface area contributed by atoms with Crippen molar-refractivity contribution in [3.63, 3.8) is 0 Å². The molecule has 0 radical (unpaired) electrons. The number of benzene rings is 1. The van der Waals surface area contributed by atoms with Gasteiger partial charge in [-0.1, -0.05) is 0 Å². The summed E-state index contributed by atoms with van der Waals surface area (Å²) in [6, 6.07) is 6.59. The van der Waals surface area contributed by atoms with Crippen LogP contribution in [0.2, 0.25) is 0 Å². The zero-order valence-corrected chi connectivity index (χ0v) is 13.2. The van der Waals surface area contributed by atoms with E-state index < -0.39 is 10.0 Å². The van der Waals surface area contributed by atoms with Gasteiger partial charge in [0.25, 0.3) is 0 Å². The molecule has 0 heterocycles. The van der Waals surface area contributed by atoms with Crippen LogP contribution in [0.3, 0.4) is 0 Å². The third kappa shape index (κ3) is 4.03. The zero-order valence-electron chi connectivity index (χ0n) is 12.4. The lowest BCUT2D eigenvalue weighted by atomic mass is 10.1. The molecule has 0 amide bonds. The first-order valence-corrected chi connectivity index (χ1v) is 8.44. The molecule has 0 aliphatic heterocycles. The van der Waals surface area contributed by atoms with E-state index in [-0.39, 0.29) is 4.90 Å². The Morgan fingerprint density at radius 3 is 2.71 bits per heavy atom. The number of ether oxygens (including phenoxy) is 1. The van der Waals surface area contributed by atoms with Gasteiger partial charge in [0.2, 0.25) is 10.0 Å². The summed E-state index contributed by atoms with van der Waals surface area (Å²) in [6.45, 7) is 3.19. The summed E-state index contributed by atoms with van der Waals surface area (Å²) < 4.78 is 31.6. The van der Waals surface area contributed by atoms with Crippen LogP contribution in [-0.4, -0.2) is 39.5 Å². The second kappa shape index (κ2) is 6.56. The number of hydrogen-bond donors (Lipinski definition) is 0. The van der Waals surface area contributed by atoms with E-state index in [1.54, 1.807) is 20.0 Å². The maximum absolute atomic E-state index is 12.4. The highest BCUT2D eigenvalue weighted by molar-refractivity contribution is 7.89. The van der Waals surface area contributed by atoms with Crippen LogP contribution in [0.15, 0.2) is 23.1 Å². The number of nitrogens with zero attached hydrogens (tertiary/aromatic N) is 2. The molecule has 1 saturated carbocycles. The maximum Gasteiger partial charge on any atom is 0.242 e. The topological polar surface area (TPSA) is 70.4 Å². The molecular formula is C15H20N2O3S. The summed E-state index contributed by atoms with van der Waals surface area (Å²) in [5, 5.41) is 8.89. The van der Waals surface area contributed by atoms with Gasteiger partial charge in [0, 0.05) is 20.2 Å². The van der Waals surface area contributed by atoms with Crippen LogP contribution in [0, 0.1) is 24.2 Å². The van der Waals surface area contributed by atoms with Crippen molar-refractivity contribution in [2.75, 3.05) is 26.8 Å². The summed E-state index contributed by atoms with van der Waals surface area (Å²) in [5.41, 5.74) is 1.15. The Hall–Kier alpha value is -1.42. The third-order valence-electron chi connectivity index (χ3n) is 3.63. The van der Waals surface area contributed by atoms with Crippen LogP contribution in [0.5, 0.6) is 0 Å². The van der Waals surface area contributed by atoms with Gasteiger partial charge in [-0.3, -0.25) is 0 Å². The number of aryl methyl sites for hydroxylation is 1. The molecule has 5 nitrogen and oxygen atoms in total. The van der Waals surface area contributed by atoms with E-state index >= 15 is 0 Å². The van der Waals surface area contributed by atoms with Gasteiger partial charge in [0.15, 0.2) is 0 Å². The van der Waals surface area contributed by atoms with Crippen LogP contribution in [0.1, 0.15) is 24.0 Å². The molecule has 114 valence electrons. The van der Waals surface area contributed by atoms with Gasteiger partial charge in [0.1, 0.15) is 0 Å². The molecule has 0 N–H and O–H groups in total. The maximum atomic E-state index is 12.4. The molecule has 1 fully saturated rings. The van der Waals surface area contributed by atoms with Gasteiger partial charge in [-0.25, -0.2) is 8.42 Å². The Kier molecular flexibility index (Phi) is 4.99. The molecule has 1 aromatic rings. The van der Waals surface area contributed by atoms with Crippen LogP contribution in [0.25, 0.3) is 0 Å². The molecular weight excluding hydrogens is 288 g/mol. The molecule has 0 spiro atoms. The summed E-state index contributed by atoms with van der Waals surface area (Å²) in [5.74, 6) is 0.674. The van der Waals surface area contributed by atoms with Crippen molar-refractivity contribution < 1.29 is 13.2 Å². The summed E-state index contributed by atoms with van der Waals surface area (Å²) >= 11 is 0. The van der Waals surface area contributed by atoms with E-state index in [0.29, 0.717) is 30.2 Å². The van der Waals surface area contributed by atoms with Crippen LogP contribution < -0.4 is 0 Å². The molecule has 0 bridgehead atoms. The third-order valence-corrected chi connectivity index (χ3v) is 5.48. The van der Waals surface area contributed by atoms with E-state index in [9.17, 15) is 8.42 Å². The van der Waals surface area contributed by atoms with Gasteiger partial charge in [-0.05, 0) is 49.4 Å². The number of hydrogen-bond acceptors (Lipinski definition) is 4. The fourth-order valence-corrected chi connectivity index (χ4v) is 3.19. The zero-order chi connectivity index (χ0) is 15.5. The van der Waals surface area contributed by atoms with Crippen molar-refractivity contribution in [1.82, 2.24) is 4.31 Å². The number of rotatable bonds is 7. The molecule has 1 aliphatic carbocycles. The lowest BCUT2D eigenvalue weighted by Gasteiger charge is -2.17. The highest BCUT2D eigenvalue weighted by Crippen LogP contribution is 2.28. The molecule has 0 saturated heterocycles. The van der Waals surface area contributed by atoms with Crippen LogP contribution >= 0.6 is 0 Å².